The summed E-state index contributed by atoms with van der Waals surface area (Å²) in [7, 11) is 0. The first kappa shape index (κ1) is 17.5. The van der Waals surface area contributed by atoms with Gasteiger partial charge in [0.15, 0.2) is 0 Å². The monoisotopic (exact) mass is 306 g/mol. The summed E-state index contributed by atoms with van der Waals surface area (Å²) in [6, 6.07) is 0.0732. The zero-order chi connectivity index (χ0) is 16.3. The van der Waals surface area contributed by atoms with Gasteiger partial charge in [-0.1, -0.05) is 0 Å². The topological polar surface area (TPSA) is 72.9 Å². The maximum atomic E-state index is 12.4. The lowest BCUT2D eigenvalue weighted by molar-refractivity contribution is -0.137. The first-order chi connectivity index (χ1) is 9.54. The zero-order valence-electron chi connectivity index (χ0n) is 12.4. The average molecular weight is 306 g/mol. The van der Waals surface area contributed by atoms with Crippen molar-refractivity contribution in [3.05, 3.63) is 18.0 Å². The Morgan fingerprint density at radius 2 is 2.10 bits per heavy atom. The van der Waals surface area contributed by atoms with Crippen molar-refractivity contribution in [2.45, 2.75) is 57.9 Å². The van der Waals surface area contributed by atoms with Crippen LogP contribution < -0.4 is 11.1 Å². The van der Waals surface area contributed by atoms with E-state index in [1.54, 1.807) is 6.92 Å². The molecule has 0 fully saturated rings. The van der Waals surface area contributed by atoms with Crippen molar-refractivity contribution >= 4 is 5.91 Å². The predicted octanol–water partition coefficient (Wildman–Crippen LogP) is 1.92. The quantitative estimate of drug-likeness (QED) is 0.808. The van der Waals surface area contributed by atoms with E-state index >= 15 is 0 Å². The molecule has 0 aliphatic heterocycles. The smallest absolute Gasteiger partial charge is 0.368 e. The third kappa shape index (κ3) is 5.04. The predicted molar refractivity (Wildman–Crippen MR) is 72.3 cm³/mol. The minimum absolute atomic E-state index is 0.0732. The molecule has 8 heteroatoms. The third-order valence-electron chi connectivity index (χ3n) is 3.18. The van der Waals surface area contributed by atoms with Gasteiger partial charge in [0.05, 0.1) is 17.3 Å². The third-order valence-corrected chi connectivity index (χ3v) is 3.18. The number of halogens is 3. The fourth-order valence-electron chi connectivity index (χ4n) is 2.13. The van der Waals surface area contributed by atoms with Gasteiger partial charge in [-0.25, -0.2) is 0 Å². The summed E-state index contributed by atoms with van der Waals surface area (Å²) in [4.78, 5) is 11.5. The highest BCUT2D eigenvalue weighted by Gasteiger charge is 2.33. The number of nitrogens with one attached hydrogen (secondary N) is 1. The second kappa shape index (κ2) is 6.46. The van der Waals surface area contributed by atoms with Crippen molar-refractivity contribution in [2.24, 2.45) is 5.73 Å². The lowest BCUT2D eigenvalue weighted by Crippen LogP contribution is -2.55. The van der Waals surface area contributed by atoms with Crippen molar-refractivity contribution in [3.63, 3.8) is 0 Å². The summed E-state index contributed by atoms with van der Waals surface area (Å²) in [6.45, 7) is 5.77. The van der Waals surface area contributed by atoms with Crippen molar-refractivity contribution < 1.29 is 18.0 Å². The van der Waals surface area contributed by atoms with Crippen LogP contribution >= 0.6 is 0 Å². The standard InChI is InChI=1S/C13H21F3N4O/c1-9(2)19-12(3,11(17)21)5-4-6-20-8-10(7-18-20)13(14,15)16/h7-9,19H,4-6H2,1-3H3,(H2,17,21). The second-order valence-corrected chi connectivity index (χ2v) is 5.59. The molecule has 1 unspecified atom stereocenters. The number of carbonyl (C=O) groups excluding carboxylic acids is 1. The number of hydrogen-bond donors (Lipinski definition) is 2. The van der Waals surface area contributed by atoms with Crippen LogP contribution in [-0.2, 0) is 17.5 Å². The Morgan fingerprint density at radius 3 is 2.52 bits per heavy atom. The maximum Gasteiger partial charge on any atom is 0.419 e. The lowest BCUT2D eigenvalue weighted by atomic mass is 9.94. The molecule has 120 valence electrons. The molecule has 0 radical (unpaired) electrons. The zero-order valence-corrected chi connectivity index (χ0v) is 12.4. The lowest BCUT2D eigenvalue weighted by Gasteiger charge is -2.29. The van der Waals surface area contributed by atoms with E-state index in [9.17, 15) is 18.0 Å². The Balaban J connectivity index is 2.59. The Kier molecular flexibility index (Phi) is 5.38. The molecule has 1 amide bonds. The summed E-state index contributed by atoms with van der Waals surface area (Å²) >= 11 is 0. The summed E-state index contributed by atoms with van der Waals surface area (Å²) in [6.07, 6.45) is -1.74. The molecular formula is C13H21F3N4O. The van der Waals surface area contributed by atoms with E-state index in [4.69, 9.17) is 5.73 Å². The van der Waals surface area contributed by atoms with Gasteiger partial charge in [-0.05, 0) is 33.6 Å². The molecule has 0 aromatic carbocycles. The van der Waals surface area contributed by atoms with Crippen LogP contribution in [0.3, 0.4) is 0 Å². The number of nitrogens with zero attached hydrogens (tertiary/aromatic N) is 2. The highest BCUT2D eigenvalue weighted by atomic mass is 19.4. The van der Waals surface area contributed by atoms with Gasteiger partial charge in [0.1, 0.15) is 0 Å². The first-order valence-electron chi connectivity index (χ1n) is 6.72. The van der Waals surface area contributed by atoms with Crippen LogP contribution in [0.4, 0.5) is 13.2 Å². The van der Waals surface area contributed by atoms with Gasteiger partial charge in [0.2, 0.25) is 5.91 Å². The molecular weight excluding hydrogens is 285 g/mol. The molecule has 1 aromatic rings. The number of primary amides is 1. The van der Waals surface area contributed by atoms with Crippen molar-refractivity contribution in [3.8, 4) is 0 Å². The molecule has 1 rings (SSSR count). The van der Waals surface area contributed by atoms with Gasteiger partial charge in [-0.15, -0.1) is 0 Å². The maximum absolute atomic E-state index is 12.4. The molecule has 1 aromatic heterocycles. The summed E-state index contributed by atoms with van der Waals surface area (Å²) in [5.41, 5.74) is 3.73. The normalized spacial score (nSPS) is 15.2. The molecule has 3 N–H and O–H groups in total. The molecule has 0 bridgehead atoms. The number of aryl methyl sites for hydroxylation is 1. The molecule has 0 spiro atoms. The van der Waals surface area contributed by atoms with E-state index in [0.717, 1.165) is 12.4 Å². The molecule has 0 aliphatic rings. The van der Waals surface area contributed by atoms with Crippen LogP contribution in [0.1, 0.15) is 39.2 Å². The van der Waals surface area contributed by atoms with Crippen LogP contribution in [0.25, 0.3) is 0 Å². The number of rotatable bonds is 7. The average Bonchev–Trinajstić information content (AvgIpc) is 2.76. The Labute approximate surface area is 121 Å². The number of carbonyl (C=O) groups is 1. The van der Waals surface area contributed by atoms with E-state index < -0.39 is 23.2 Å². The molecule has 5 nitrogen and oxygen atoms in total. The van der Waals surface area contributed by atoms with Gasteiger partial charge >= 0.3 is 6.18 Å². The number of hydrogen-bond acceptors (Lipinski definition) is 3. The number of alkyl halides is 3. The molecule has 1 heterocycles. The van der Waals surface area contributed by atoms with E-state index in [2.05, 4.69) is 10.4 Å². The van der Waals surface area contributed by atoms with E-state index in [1.807, 2.05) is 13.8 Å². The van der Waals surface area contributed by atoms with Crippen LogP contribution in [-0.4, -0.2) is 27.3 Å². The fraction of sp³-hybridized carbons (Fsp3) is 0.692. The van der Waals surface area contributed by atoms with E-state index in [0.29, 0.717) is 19.4 Å². The Morgan fingerprint density at radius 1 is 1.48 bits per heavy atom. The van der Waals surface area contributed by atoms with E-state index in [-0.39, 0.29) is 6.04 Å². The molecule has 21 heavy (non-hydrogen) atoms. The summed E-state index contributed by atoms with van der Waals surface area (Å²) < 4.78 is 38.5. The number of aromatic nitrogens is 2. The molecule has 1 atom stereocenters. The fourth-order valence-corrected chi connectivity index (χ4v) is 2.13. The van der Waals surface area contributed by atoms with Gasteiger partial charge < -0.3 is 11.1 Å². The Hall–Kier alpha value is -1.57. The molecule has 0 aliphatic carbocycles. The van der Waals surface area contributed by atoms with Gasteiger partial charge in [-0.2, -0.15) is 18.3 Å². The highest BCUT2D eigenvalue weighted by molar-refractivity contribution is 5.84. The Bertz CT molecular complexity index is 484. The largest absolute Gasteiger partial charge is 0.419 e. The van der Waals surface area contributed by atoms with Crippen molar-refractivity contribution in [2.75, 3.05) is 0 Å². The highest BCUT2D eigenvalue weighted by Crippen LogP contribution is 2.28. The van der Waals surface area contributed by atoms with Crippen molar-refractivity contribution in [1.82, 2.24) is 15.1 Å². The van der Waals surface area contributed by atoms with E-state index in [1.165, 1.54) is 4.68 Å². The SMILES string of the molecule is CC(C)NC(C)(CCCn1cc(C(F)(F)F)cn1)C(N)=O. The minimum atomic E-state index is -4.39. The van der Waals surface area contributed by atoms with Crippen LogP contribution in [0.5, 0.6) is 0 Å². The number of nitrogens with two attached hydrogens (primary N) is 1. The summed E-state index contributed by atoms with van der Waals surface area (Å²) in [5, 5.41) is 6.76. The van der Waals surface area contributed by atoms with Gasteiger partial charge in [0, 0.05) is 18.8 Å². The van der Waals surface area contributed by atoms with Crippen molar-refractivity contribution in [1.29, 1.82) is 0 Å². The molecule has 0 saturated carbocycles. The first-order valence-corrected chi connectivity index (χ1v) is 6.72. The van der Waals surface area contributed by atoms with Crippen LogP contribution in [0.15, 0.2) is 12.4 Å². The van der Waals surface area contributed by atoms with Crippen LogP contribution in [0.2, 0.25) is 0 Å². The second-order valence-electron chi connectivity index (χ2n) is 5.59. The number of amides is 1. The van der Waals surface area contributed by atoms with Gasteiger partial charge in [0.25, 0.3) is 0 Å². The summed E-state index contributed by atoms with van der Waals surface area (Å²) in [5.74, 6) is -0.479. The minimum Gasteiger partial charge on any atom is -0.368 e. The van der Waals surface area contributed by atoms with Crippen LogP contribution in [0, 0.1) is 0 Å². The molecule has 0 saturated heterocycles. The van der Waals surface area contributed by atoms with Gasteiger partial charge in [-0.3, -0.25) is 9.48 Å².